The van der Waals surface area contributed by atoms with Crippen LogP contribution in [-0.4, -0.2) is 27.6 Å². The fourth-order valence-electron chi connectivity index (χ4n) is 1.02. The number of anilines is 1. The van der Waals surface area contributed by atoms with Crippen molar-refractivity contribution >= 4 is 25.6 Å². The molecule has 84 valence electrons. The molecule has 0 heterocycles. The lowest BCUT2D eigenvalue weighted by molar-refractivity contribution is 0.483. The van der Waals surface area contributed by atoms with Crippen LogP contribution in [-0.2, 0) is 20.0 Å². The van der Waals surface area contributed by atoms with E-state index in [9.17, 15) is 16.8 Å². The SMILES string of the molecule is CS(=O)(=O)c1ccc(S(=O)(=O)O)cc1N. The van der Waals surface area contributed by atoms with Crippen molar-refractivity contribution < 1.29 is 21.4 Å². The van der Waals surface area contributed by atoms with Crippen LogP contribution in [0.2, 0.25) is 0 Å². The van der Waals surface area contributed by atoms with Crippen molar-refractivity contribution in [3.05, 3.63) is 18.2 Å². The average molecular weight is 251 g/mol. The van der Waals surface area contributed by atoms with E-state index in [4.69, 9.17) is 10.3 Å². The molecule has 0 radical (unpaired) electrons. The maximum atomic E-state index is 11.1. The lowest BCUT2D eigenvalue weighted by Crippen LogP contribution is -2.05. The Morgan fingerprint density at radius 1 is 1.20 bits per heavy atom. The Morgan fingerprint density at radius 2 is 1.73 bits per heavy atom. The molecule has 0 saturated carbocycles. The first-order valence-corrected chi connectivity index (χ1v) is 7.02. The zero-order valence-corrected chi connectivity index (χ0v) is 9.34. The highest BCUT2D eigenvalue weighted by Crippen LogP contribution is 2.21. The van der Waals surface area contributed by atoms with Crippen LogP contribution < -0.4 is 5.73 Å². The van der Waals surface area contributed by atoms with Gasteiger partial charge < -0.3 is 5.73 Å². The predicted octanol–water partition coefficient (Wildman–Crippen LogP) is -0.0810. The molecule has 1 aromatic carbocycles. The highest BCUT2D eigenvalue weighted by atomic mass is 32.2. The molecule has 0 unspecified atom stereocenters. The first-order valence-electron chi connectivity index (χ1n) is 3.69. The topological polar surface area (TPSA) is 115 Å². The summed E-state index contributed by atoms with van der Waals surface area (Å²) in [5, 5.41) is 0. The van der Waals surface area contributed by atoms with Crippen LogP contribution in [0.5, 0.6) is 0 Å². The zero-order valence-electron chi connectivity index (χ0n) is 7.71. The minimum atomic E-state index is -4.36. The van der Waals surface area contributed by atoms with E-state index in [1.54, 1.807) is 0 Å². The van der Waals surface area contributed by atoms with E-state index in [0.717, 1.165) is 24.5 Å². The first-order chi connectivity index (χ1) is 6.62. The van der Waals surface area contributed by atoms with E-state index in [0.29, 0.717) is 0 Å². The number of benzene rings is 1. The van der Waals surface area contributed by atoms with Gasteiger partial charge in [0.1, 0.15) is 0 Å². The molecule has 0 aliphatic carbocycles. The summed E-state index contributed by atoms with van der Waals surface area (Å²) in [4.78, 5) is -0.609. The van der Waals surface area contributed by atoms with Crippen LogP contribution in [0, 0.1) is 0 Å². The molecule has 0 saturated heterocycles. The zero-order chi connectivity index (χ0) is 11.9. The number of nitrogen functional groups attached to an aromatic ring is 1. The average Bonchev–Trinajstić information content (AvgIpc) is 1.99. The molecule has 0 fully saturated rings. The van der Waals surface area contributed by atoms with E-state index in [1.165, 1.54) is 0 Å². The second-order valence-corrected chi connectivity index (χ2v) is 6.35. The minimum Gasteiger partial charge on any atom is -0.398 e. The second-order valence-electron chi connectivity index (χ2n) is 2.95. The van der Waals surface area contributed by atoms with Crippen molar-refractivity contribution in [1.82, 2.24) is 0 Å². The van der Waals surface area contributed by atoms with Crippen molar-refractivity contribution in [2.45, 2.75) is 9.79 Å². The van der Waals surface area contributed by atoms with Crippen LogP contribution >= 0.6 is 0 Å². The Labute approximate surface area is 87.4 Å². The van der Waals surface area contributed by atoms with Gasteiger partial charge in [-0.25, -0.2) is 8.42 Å². The Kier molecular flexibility index (Phi) is 2.77. The largest absolute Gasteiger partial charge is 0.398 e. The van der Waals surface area contributed by atoms with Gasteiger partial charge in [-0.05, 0) is 18.2 Å². The van der Waals surface area contributed by atoms with Crippen LogP contribution in [0.15, 0.2) is 28.0 Å². The molecule has 0 spiro atoms. The van der Waals surface area contributed by atoms with E-state index in [1.807, 2.05) is 0 Å². The lowest BCUT2D eigenvalue weighted by Gasteiger charge is -2.04. The van der Waals surface area contributed by atoms with Gasteiger partial charge in [-0.15, -0.1) is 0 Å². The third kappa shape index (κ3) is 2.67. The van der Waals surface area contributed by atoms with Gasteiger partial charge >= 0.3 is 0 Å². The summed E-state index contributed by atoms with van der Waals surface area (Å²) in [5.41, 5.74) is 5.13. The number of nitrogens with two attached hydrogens (primary N) is 1. The summed E-state index contributed by atoms with van der Waals surface area (Å²) in [7, 11) is -7.86. The molecule has 0 amide bonds. The van der Waals surface area contributed by atoms with Gasteiger partial charge in [0.25, 0.3) is 10.1 Å². The second kappa shape index (κ2) is 3.47. The Morgan fingerprint density at radius 3 is 2.07 bits per heavy atom. The van der Waals surface area contributed by atoms with Crippen molar-refractivity contribution in [2.75, 3.05) is 12.0 Å². The summed E-state index contributed by atoms with van der Waals surface area (Å²) in [6.07, 6.45) is 0.950. The van der Waals surface area contributed by atoms with Crippen LogP contribution in [0.4, 0.5) is 5.69 Å². The van der Waals surface area contributed by atoms with E-state index < -0.39 is 24.9 Å². The monoisotopic (exact) mass is 251 g/mol. The van der Waals surface area contributed by atoms with Crippen LogP contribution in [0.25, 0.3) is 0 Å². The van der Waals surface area contributed by atoms with Crippen LogP contribution in [0.1, 0.15) is 0 Å². The van der Waals surface area contributed by atoms with E-state index >= 15 is 0 Å². The van der Waals surface area contributed by atoms with E-state index in [2.05, 4.69) is 0 Å². The van der Waals surface area contributed by atoms with Gasteiger partial charge in [-0.3, -0.25) is 4.55 Å². The summed E-state index contributed by atoms with van der Waals surface area (Å²) < 4.78 is 52.3. The Hall–Kier alpha value is -1.12. The summed E-state index contributed by atoms with van der Waals surface area (Å²) in [6.45, 7) is 0. The molecule has 0 atom stereocenters. The fourth-order valence-corrected chi connectivity index (χ4v) is 2.34. The van der Waals surface area contributed by atoms with Crippen molar-refractivity contribution in [2.24, 2.45) is 0 Å². The highest BCUT2D eigenvalue weighted by molar-refractivity contribution is 7.91. The van der Waals surface area contributed by atoms with Crippen molar-refractivity contribution in [3.63, 3.8) is 0 Å². The summed E-state index contributed by atoms with van der Waals surface area (Å²) in [6, 6.07) is 2.90. The molecule has 0 bridgehead atoms. The molecule has 1 rings (SSSR count). The van der Waals surface area contributed by atoms with Gasteiger partial charge in [0, 0.05) is 6.26 Å². The molecule has 0 aliphatic heterocycles. The minimum absolute atomic E-state index is 0.171. The van der Waals surface area contributed by atoms with Gasteiger partial charge in [-0.2, -0.15) is 8.42 Å². The molecule has 0 aromatic heterocycles. The molecule has 6 nitrogen and oxygen atoms in total. The summed E-state index contributed by atoms with van der Waals surface area (Å²) in [5.74, 6) is 0. The molecular formula is C7H9NO5S2. The Balaban J connectivity index is 3.47. The van der Waals surface area contributed by atoms with Crippen LogP contribution in [0.3, 0.4) is 0 Å². The standard InChI is InChI=1S/C7H9NO5S2/c1-14(9,10)7-3-2-5(4-6(7)8)15(11,12)13/h2-4H,8H2,1H3,(H,11,12,13). The quantitative estimate of drug-likeness (QED) is 0.561. The van der Waals surface area contributed by atoms with Gasteiger partial charge in [0.2, 0.25) is 0 Å². The number of sulfone groups is 1. The lowest BCUT2D eigenvalue weighted by atomic mass is 10.3. The third-order valence-corrected chi connectivity index (χ3v) is 3.70. The number of hydrogen-bond donors (Lipinski definition) is 2. The maximum absolute atomic E-state index is 11.1. The molecule has 15 heavy (non-hydrogen) atoms. The molecule has 1 aromatic rings. The highest BCUT2D eigenvalue weighted by Gasteiger charge is 2.16. The molecule has 0 aliphatic rings. The number of hydrogen-bond acceptors (Lipinski definition) is 5. The molecule has 3 N–H and O–H groups in total. The smallest absolute Gasteiger partial charge is 0.294 e. The van der Waals surface area contributed by atoms with Crippen molar-refractivity contribution in [1.29, 1.82) is 0 Å². The third-order valence-electron chi connectivity index (χ3n) is 1.68. The molecule has 8 heteroatoms. The first kappa shape index (κ1) is 12.0. The van der Waals surface area contributed by atoms with Gasteiger partial charge in [-0.1, -0.05) is 0 Å². The van der Waals surface area contributed by atoms with E-state index in [-0.39, 0.29) is 10.6 Å². The molecular weight excluding hydrogens is 242 g/mol. The van der Waals surface area contributed by atoms with Gasteiger partial charge in [0.05, 0.1) is 15.5 Å². The normalized spacial score (nSPS) is 12.7. The fraction of sp³-hybridized carbons (Fsp3) is 0.143. The van der Waals surface area contributed by atoms with Gasteiger partial charge in [0.15, 0.2) is 9.84 Å². The predicted molar refractivity (Wildman–Crippen MR) is 53.8 cm³/mol. The van der Waals surface area contributed by atoms with Crippen molar-refractivity contribution in [3.8, 4) is 0 Å². The Bertz CT molecular complexity index is 588. The number of rotatable bonds is 2. The maximum Gasteiger partial charge on any atom is 0.294 e. The summed E-state index contributed by atoms with van der Waals surface area (Å²) >= 11 is 0.